The summed E-state index contributed by atoms with van der Waals surface area (Å²) in [6.45, 7) is 2.25. The van der Waals surface area contributed by atoms with Crippen LogP contribution in [0.15, 0.2) is 28.7 Å². The van der Waals surface area contributed by atoms with Gasteiger partial charge in [-0.3, -0.25) is 4.79 Å². The van der Waals surface area contributed by atoms with Crippen LogP contribution in [0.3, 0.4) is 0 Å². The van der Waals surface area contributed by atoms with Gasteiger partial charge in [-0.2, -0.15) is 0 Å². The summed E-state index contributed by atoms with van der Waals surface area (Å²) in [5, 5.41) is 0. The molecular weight excluding hydrogens is 282 g/mol. The molecule has 4 heteroatoms. The molecule has 2 N–H and O–H groups in total. The smallest absolute Gasteiger partial charge is 0.306 e. The van der Waals surface area contributed by atoms with Crippen molar-refractivity contribution >= 4 is 21.9 Å². The van der Waals surface area contributed by atoms with Gasteiger partial charge in [0.25, 0.3) is 0 Å². The van der Waals surface area contributed by atoms with Crippen molar-refractivity contribution in [3.8, 4) is 0 Å². The van der Waals surface area contributed by atoms with Crippen LogP contribution in [0.2, 0.25) is 0 Å². The Bertz CT molecular complexity index is 366. The first-order chi connectivity index (χ1) is 8.09. The number of benzene rings is 1. The minimum absolute atomic E-state index is 0.145. The zero-order chi connectivity index (χ0) is 12.7. The number of nitrogens with two attached hydrogens (primary N) is 1. The second-order valence-electron chi connectivity index (χ2n) is 4.12. The van der Waals surface area contributed by atoms with Gasteiger partial charge >= 0.3 is 5.97 Å². The Balaban J connectivity index is 2.26. The van der Waals surface area contributed by atoms with Crippen molar-refractivity contribution in [2.45, 2.75) is 38.8 Å². The number of esters is 1. The summed E-state index contributed by atoms with van der Waals surface area (Å²) in [7, 11) is 0. The number of carbonyl (C=O) groups is 1. The molecule has 1 unspecified atom stereocenters. The number of hydrogen-bond donors (Lipinski definition) is 1. The molecule has 0 radical (unpaired) electrons. The van der Waals surface area contributed by atoms with Gasteiger partial charge in [-0.25, -0.2) is 0 Å². The number of ether oxygens (including phenoxy) is 1. The average molecular weight is 300 g/mol. The zero-order valence-electron chi connectivity index (χ0n) is 9.99. The predicted molar refractivity (Wildman–Crippen MR) is 71.4 cm³/mol. The van der Waals surface area contributed by atoms with Gasteiger partial charge in [0.05, 0.1) is 0 Å². The highest BCUT2D eigenvalue weighted by atomic mass is 79.9. The quantitative estimate of drug-likeness (QED) is 0.822. The third-order valence-electron chi connectivity index (χ3n) is 2.39. The van der Waals surface area contributed by atoms with E-state index in [0.717, 1.165) is 22.9 Å². The van der Waals surface area contributed by atoms with Gasteiger partial charge in [-0.1, -0.05) is 34.1 Å². The lowest BCUT2D eigenvalue weighted by Crippen LogP contribution is -2.15. The molecule has 17 heavy (non-hydrogen) atoms. The Labute approximate surface area is 110 Å². The van der Waals surface area contributed by atoms with Crippen LogP contribution in [0.5, 0.6) is 0 Å². The van der Waals surface area contributed by atoms with E-state index in [-0.39, 0.29) is 12.0 Å². The third kappa shape index (κ3) is 5.84. The summed E-state index contributed by atoms with van der Waals surface area (Å²) in [5.41, 5.74) is 6.58. The van der Waals surface area contributed by atoms with Crippen molar-refractivity contribution in [2.24, 2.45) is 5.73 Å². The Morgan fingerprint density at radius 2 is 2.18 bits per heavy atom. The topological polar surface area (TPSA) is 52.3 Å². The molecule has 0 fully saturated rings. The maximum absolute atomic E-state index is 11.4. The van der Waals surface area contributed by atoms with Gasteiger partial charge in [-0.15, -0.1) is 0 Å². The third-order valence-corrected chi connectivity index (χ3v) is 3.16. The Morgan fingerprint density at radius 1 is 1.47 bits per heavy atom. The summed E-state index contributed by atoms with van der Waals surface area (Å²) in [4.78, 5) is 11.4. The largest absolute Gasteiger partial charge is 0.461 e. The first-order valence-corrected chi connectivity index (χ1v) is 6.53. The molecule has 0 aliphatic carbocycles. The van der Waals surface area contributed by atoms with Crippen LogP contribution in [0.4, 0.5) is 0 Å². The molecule has 0 amide bonds. The standard InChI is InChI=1S/C13H18BrNO2/c1-10(15)5-4-8-13(16)17-9-11-6-2-3-7-12(11)14/h2-3,6-7,10H,4-5,8-9,15H2,1H3. The lowest BCUT2D eigenvalue weighted by atomic mass is 10.1. The first kappa shape index (κ1) is 14.2. The van der Waals surface area contributed by atoms with Crippen LogP contribution >= 0.6 is 15.9 Å². The van der Waals surface area contributed by atoms with E-state index in [9.17, 15) is 4.79 Å². The van der Waals surface area contributed by atoms with Gasteiger partial charge in [-0.05, 0) is 25.8 Å². The summed E-state index contributed by atoms with van der Waals surface area (Å²) >= 11 is 3.41. The van der Waals surface area contributed by atoms with Gasteiger partial charge in [0, 0.05) is 22.5 Å². The van der Waals surface area contributed by atoms with E-state index in [0.29, 0.717) is 13.0 Å². The van der Waals surface area contributed by atoms with E-state index in [1.54, 1.807) is 0 Å². The second kappa shape index (κ2) is 7.45. The molecule has 0 aliphatic rings. The highest BCUT2D eigenvalue weighted by Crippen LogP contribution is 2.16. The molecule has 1 atom stereocenters. The van der Waals surface area contributed by atoms with Crippen molar-refractivity contribution in [3.63, 3.8) is 0 Å². The summed E-state index contributed by atoms with van der Waals surface area (Å²) in [6.07, 6.45) is 2.07. The van der Waals surface area contributed by atoms with Crippen molar-refractivity contribution in [1.29, 1.82) is 0 Å². The normalized spacial score (nSPS) is 12.2. The molecule has 0 bridgehead atoms. The lowest BCUT2D eigenvalue weighted by molar-refractivity contribution is -0.145. The number of carbonyl (C=O) groups excluding carboxylic acids is 1. The van der Waals surface area contributed by atoms with Crippen molar-refractivity contribution in [1.82, 2.24) is 0 Å². The molecule has 1 aromatic carbocycles. The maximum Gasteiger partial charge on any atom is 0.306 e. The maximum atomic E-state index is 11.4. The van der Waals surface area contributed by atoms with E-state index < -0.39 is 0 Å². The molecule has 0 aliphatic heterocycles. The van der Waals surface area contributed by atoms with E-state index >= 15 is 0 Å². The lowest BCUT2D eigenvalue weighted by Gasteiger charge is -2.07. The fourth-order valence-corrected chi connectivity index (χ4v) is 1.81. The highest BCUT2D eigenvalue weighted by Gasteiger charge is 2.05. The molecule has 0 spiro atoms. The SMILES string of the molecule is CC(N)CCCC(=O)OCc1ccccc1Br. The van der Waals surface area contributed by atoms with Crippen LogP contribution in [0.1, 0.15) is 31.7 Å². The molecule has 0 saturated heterocycles. The Kier molecular flexibility index (Phi) is 6.22. The molecule has 0 heterocycles. The number of hydrogen-bond acceptors (Lipinski definition) is 3. The van der Waals surface area contributed by atoms with Gasteiger partial charge in [0.2, 0.25) is 0 Å². The van der Waals surface area contributed by atoms with Crippen LogP contribution in [-0.2, 0) is 16.1 Å². The second-order valence-corrected chi connectivity index (χ2v) is 4.98. The minimum Gasteiger partial charge on any atom is -0.461 e. The van der Waals surface area contributed by atoms with Crippen molar-refractivity contribution in [3.05, 3.63) is 34.3 Å². The molecular formula is C13H18BrNO2. The average Bonchev–Trinajstić information content (AvgIpc) is 2.27. The molecule has 0 saturated carbocycles. The summed E-state index contributed by atoms with van der Waals surface area (Å²) in [6, 6.07) is 7.85. The van der Waals surface area contributed by atoms with Crippen LogP contribution in [0, 0.1) is 0 Å². The molecule has 1 aromatic rings. The molecule has 0 aromatic heterocycles. The van der Waals surface area contributed by atoms with Crippen molar-refractivity contribution in [2.75, 3.05) is 0 Å². The molecule has 1 rings (SSSR count). The number of rotatable bonds is 6. The predicted octanol–water partition coefficient (Wildman–Crippen LogP) is 3.01. The summed E-state index contributed by atoms with van der Waals surface area (Å²) in [5.74, 6) is -0.165. The van der Waals surface area contributed by atoms with Gasteiger partial charge in [0.1, 0.15) is 6.61 Å². The molecule has 3 nitrogen and oxygen atoms in total. The van der Waals surface area contributed by atoms with Gasteiger partial charge < -0.3 is 10.5 Å². The zero-order valence-corrected chi connectivity index (χ0v) is 11.6. The Morgan fingerprint density at radius 3 is 2.82 bits per heavy atom. The Hall–Kier alpha value is -0.870. The van der Waals surface area contributed by atoms with Crippen LogP contribution in [-0.4, -0.2) is 12.0 Å². The number of halogens is 1. The van der Waals surface area contributed by atoms with E-state index in [2.05, 4.69) is 15.9 Å². The first-order valence-electron chi connectivity index (χ1n) is 5.74. The fourth-order valence-electron chi connectivity index (χ4n) is 1.41. The molecule has 94 valence electrons. The minimum atomic E-state index is -0.165. The van der Waals surface area contributed by atoms with E-state index in [1.807, 2.05) is 31.2 Å². The monoisotopic (exact) mass is 299 g/mol. The highest BCUT2D eigenvalue weighted by molar-refractivity contribution is 9.10. The van der Waals surface area contributed by atoms with E-state index in [1.165, 1.54) is 0 Å². The van der Waals surface area contributed by atoms with Crippen LogP contribution in [0.25, 0.3) is 0 Å². The summed E-state index contributed by atoms with van der Waals surface area (Å²) < 4.78 is 6.14. The van der Waals surface area contributed by atoms with Gasteiger partial charge in [0.15, 0.2) is 0 Å². The van der Waals surface area contributed by atoms with Crippen LogP contribution < -0.4 is 5.73 Å². The fraction of sp³-hybridized carbons (Fsp3) is 0.462. The van der Waals surface area contributed by atoms with E-state index in [4.69, 9.17) is 10.5 Å². The van der Waals surface area contributed by atoms with Crippen molar-refractivity contribution < 1.29 is 9.53 Å².